The minimum absolute atomic E-state index is 0.0550. The second-order valence-electron chi connectivity index (χ2n) is 6.16. The number of aliphatic hydroxyl groups is 1. The maximum Gasteiger partial charge on any atom is 0.217 e. The van der Waals surface area contributed by atoms with Crippen LogP contribution in [-0.2, 0) is 9.53 Å². The van der Waals surface area contributed by atoms with E-state index in [9.17, 15) is 9.90 Å². The van der Waals surface area contributed by atoms with Crippen LogP contribution in [0.15, 0.2) is 12.1 Å². The topological polar surface area (TPSA) is 67.8 Å². The van der Waals surface area contributed by atoms with E-state index in [1.54, 1.807) is 0 Å². The molecule has 2 heterocycles. The summed E-state index contributed by atoms with van der Waals surface area (Å²) in [4.78, 5) is 11.4. The van der Waals surface area contributed by atoms with Crippen LogP contribution in [0.1, 0.15) is 55.0 Å². The summed E-state index contributed by atoms with van der Waals surface area (Å²) in [6.07, 6.45) is 1.72. The summed E-state index contributed by atoms with van der Waals surface area (Å²) in [6, 6.07) is 3.93. The van der Waals surface area contributed by atoms with Gasteiger partial charge in [-0.1, -0.05) is 11.6 Å². The average molecular weight is 305 g/mol. The predicted molar refractivity (Wildman–Crippen MR) is 81.8 cm³/mol. The lowest BCUT2D eigenvalue weighted by Gasteiger charge is -2.30. The Bertz CT molecular complexity index is 566. The Hall–Kier alpha value is -1.59. The lowest BCUT2D eigenvalue weighted by Crippen LogP contribution is -2.31. The van der Waals surface area contributed by atoms with Gasteiger partial charge in [0.05, 0.1) is 18.8 Å². The standard InChI is InChI=1S/C17H23NO4/c1-10-8-12-14(18-11(2)19)5-7-22-17(12)13(9-10)16(20)15-4-3-6-21-15/h8-9,14-16,20H,3-7H2,1-2H3,(H,18,19). The van der Waals surface area contributed by atoms with Crippen molar-refractivity contribution in [3.05, 3.63) is 28.8 Å². The average Bonchev–Trinajstić information content (AvgIpc) is 3.00. The number of hydrogen-bond acceptors (Lipinski definition) is 4. The highest BCUT2D eigenvalue weighted by Gasteiger charge is 2.32. The van der Waals surface area contributed by atoms with Crippen LogP contribution < -0.4 is 10.1 Å². The van der Waals surface area contributed by atoms with Gasteiger partial charge in [-0.2, -0.15) is 0 Å². The molecule has 0 spiro atoms. The molecule has 3 rings (SSSR count). The van der Waals surface area contributed by atoms with E-state index in [1.807, 2.05) is 19.1 Å². The summed E-state index contributed by atoms with van der Waals surface area (Å²) in [6.45, 7) is 4.75. The molecular formula is C17H23NO4. The summed E-state index contributed by atoms with van der Waals surface area (Å²) in [5.74, 6) is 0.652. The molecule has 1 saturated heterocycles. The number of nitrogens with one attached hydrogen (secondary N) is 1. The molecule has 0 bridgehead atoms. The molecule has 5 heteroatoms. The predicted octanol–water partition coefficient (Wildman–Crippen LogP) is 2.17. The monoisotopic (exact) mass is 305 g/mol. The van der Waals surface area contributed by atoms with Gasteiger partial charge in [0, 0.05) is 31.1 Å². The van der Waals surface area contributed by atoms with Gasteiger partial charge in [-0.15, -0.1) is 0 Å². The summed E-state index contributed by atoms with van der Waals surface area (Å²) in [7, 11) is 0. The molecule has 120 valence electrons. The van der Waals surface area contributed by atoms with Crippen LogP contribution in [0.3, 0.4) is 0 Å². The first-order chi connectivity index (χ1) is 10.6. The fourth-order valence-electron chi connectivity index (χ4n) is 3.36. The highest BCUT2D eigenvalue weighted by molar-refractivity contribution is 5.73. The largest absolute Gasteiger partial charge is 0.493 e. The molecule has 3 unspecified atom stereocenters. The van der Waals surface area contributed by atoms with Crippen molar-refractivity contribution in [2.45, 2.75) is 51.4 Å². The van der Waals surface area contributed by atoms with E-state index in [-0.39, 0.29) is 18.1 Å². The maximum absolute atomic E-state index is 11.4. The Morgan fingerprint density at radius 2 is 2.18 bits per heavy atom. The van der Waals surface area contributed by atoms with E-state index < -0.39 is 6.10 Å². The van der Waals surface area contributed by atoms with Gasteiger partial charge >= 0.3 is 0 Å². The van der Waals surface area contributed by atoms with Crippen LogP contribution in [0.5, 0.6) is 5.75 Å². The van der Waals surface area contributed by atoms with Crippen molar-refractivity contribution in [2.75, 3.05) is 13.2 Å². The minimum Gasteiger partial charge on any atom is -0.493 e. The Labute approximate surface area is 130 Å². The van der Waals surface area contributed by atoms with Crippen molar-refractivity contribution in [1.29, 1.82) is 0 Å². The van der Waals surface area contributed by atoms with E-state index >= 15 is 0 Å². The molecule has 1 fully saturated rings. The number of aryl methyl sites for hydroxylation is 1. The van der Waals surface area contributed by atoms with Gasteiger partial charge in [0.2, 0.25) is 5.91 Å². The molecule has 0 radical (unpaired) electrons. The van der Waals surface area contributed by atoms with E-state index in [4.69, 9.17) is 9.47 Å². The van der Waals surface area contributed by atoms with Crippen molar-refractivity contribution >= 4 is 5.91 Å². The Morgan fingerprint density at radius 1 is 1.36 bits per heavy atom. The molecule has 3 atom stereocenters. The van der Waals surface area contributed by atoms with Crippen LogP contribution in [0.25, 0.3) is 0 Å². The number of benzene rings is 1. The van der Waals surface area contributed by atoms with Crippen LogP contribution in [0.2, 0.25) is 0 Å². The third-order valence-corrected chi connectivity index (χ3v) is 4.33. The molecule has 0 saturated carbocycles. The second kappa shape index (κ2) is 6.26. The number of carbonyl (C=O) groups excluding carboxylic acids is 1. The summed E-state index contributed by atoms with van der Waals surface area (Å²) < 4.78 is 11.5. The Kier molecular flexibility index (Phi) is 4.36. The highest BCUT2D eigenvalue weighted by Crippen LogP contribution is 2.41. The smallest absolute Gasteiger partial charge is 0.217 e. The van der Waals surface area contributed by atoms with Crippen molar-refractivity contribution in [1.82, 2.24) is 5.32 Å². The lowest BCUT2D eigenvalue weighted by molar-refractivity contribution is -0.119. The number of aliphatic hydroxyl groups excluding tert-OH is 1. The van der Waals surface area contributed by atoms with Crippen LogP contribution >= 0.6 is 0 Å². The van der Waals surface area contributed by atoms with Crippen LogP contribution in [0, 0.1) is 6.92 Å². The third kappa shape index (κ3) is 2.96. The van der Waals surface area contributed by atoms with Crippen molar-refractivity contribution < 1.29 is 19.4 Å². The molecule has 22 heavy (non-hydrogen) atoms. The van der Waals surface area contributed by atoms with E-state index in [1.165, 1.54) is 6.92 Å². The van der Waals surface area contributed by atoms with Gasteiger partial charge in [-0.3, -0.25) is 4.79 Å². The van der Waals surface area contributed by atoms with E-state index in [2.05, 4.69) is 5.32 Å². The molecule has 0 aromatic heterocycles. The molecule has 1 amide bonds. The molecule has 0 aliphatic carbocycles. The first-order valence-corrected chi connectivity index (χ1v) is 7.90. The number of amides is 1. The molecule has 1 aromatic rings. The van der Waals surface area contributed by atoms with Gasteiger partial charge in [0.15, 0.2) is 0 Å². The number of rotatable bonds is 3. The quantitative estimate of drug-likeness (QED) is 0.898. The van der Waals surface area contributed by atoms with Crippen molar-refractivity contribution in [3.8, 4) is 5.75 Å². The lowest BCUT2D eigenvalue weighted by atomic mass is 9.91. The Morgan fingerprint density at radius 3 is 2.86 bits per heavy atom. The first kappa shape index (κ1) is 15.3. The maximum atomic E-state index is 11.4. The fourth-order valence-corrected chi connectivity index (χ4v) is 3.36. The molecule has 2 aliphatic heterocycles. The molecule has 1 aromatic carbocycles. The zero-order valence-corrected chi connectivity index (χ0v) is 13.1. The summed E-state index contributed by atoms with van der Waals surface area (Å²) in [5.41, 5.74) is 2.78. The first-order valence-electron chi connectivity index (χ1n) is 7.90. The van der Waals surface area contributed by atoms with Gasteiger partial charge in [-0.25, -0.2) is 0 Å². The van der Waals surface area contributed by atoms with Gasteiger partial charge < -0.3 is 19.9 Å². The van der Waals surface area contributed by atoms with Gasteiger partial charge in [-0.05, 0) is 25.8 Å². The number of hydrogen-bond donors (Lipinski definition) is 2. The van der Waals surface area contributed by atoms with E-state index in [0.29, 0.717) is 19.0 Å². The van der Waals surface area contributed by atoms with Crippen molar-refractivity contribution in [2.24, 2.45) is 0 Å². The summed E-state index contributed by atoms with van der Waals surface area (Å²) >= 11 is 0. The number of ether oxygens (including phenoxy) is 2. The fraction of sp³-hybridized carbons (Fsp3) is 0.588. The second-order valence-corrected chi connectivity index (χ2v) is 6.16. The Balaban J connectivity index is 1.97. The van der Waals surface area contributed by atoms with Gasteiger partial charge in [0.25, 0.3) is 0 Å². The number of carbonyl (C=O) groups is 1. The SMILES string of the molecule is CC(=O)NC1CCOc2c1cc(C)cc2C(O)C1CCCO1. The zero-order chi connectivity index (χ0) is 15.7. The normalized spacial score (nSPS) is 25.2. The molecule has 2 aliphatic rings. The van der Waals surface area contributed by atoms with Crippen molar-refractivity contribution in [3.63, 3.8) is 0 Å². The number of fused-ring (bicyclic) bond motifs is 1. The third-order valence-electron chi connectivity index (χ3n) is 4.33. The molecule has 5 nitrogen and oxygen atoms in total. The highest BCUT2D eigenvalue weighted by atomic mass is 16.5. The molecular weight excluding hydrogens is 282 g/mol. The summed E-state index contributed by atoms with van der Waals surface area (Å²) in [5, 5.41) is 13.6. The van der Waals surface area contributed by atoms with Gasteiger partial charge in [0.1, 0.15) is 11.9 Å². The minimum atomic E-state index is -0.688. The van der Waals surface area contributed by atoms with E-state index in [0.717, 1.165) is 36.0 Å². The molecule has 2 N–H and O–H groups in total. The zero-order valence-electron chi connectivity index (χ0n) is 13.1. The van der Waals surface area contributed by atoms with Crippen LogP contribution in [0.4, 0.5) is 0 Å². The van der Waals surface area contributed by atoms with Crippen LogP contribution in [-0.4, -0.2) is 30.3 Å².